The molecule has 1 aromatic rings. The van der Waals surface area contributed by atoms with E-state index in [4.69, 9.17) is 0 Å². The summed E-state index contributed by atoms with van der Waals surface area (Å²) in [5.74, 6) is 0.712. The highest BCUT2D eigenvalue weighted by Crippen LogP contribution is 2.44. The van der Waals surface area contributed by atoms with Crippen molar-refractivity contribution in [2.75, 3.05) is 5.32 Å². The molecular weight excluding hydrogens is 354 g/mol. The number of hydrogen-bond acceptors (Lipinski definition) is 2. The molecule has 3 nitrogen and oxygen atoms in total. The predicted molar refractivity (Wildman–Crippen MR) is 116 cm³/mol. The van der Waals surface area contributed by atoms with Gasteiger partial charge in [0, 0.05) is 11.1 Å². The highest BCUT2D eigenvalue weighted by molar-refractivity contribution is 7.96. The molecule has 1 N–H and O–H groups in total. The Morgan fingerprint density at radius 3 is 2.26 bits per heavy atom. The highest BCUT2D eigenvalue weighted by Gasteiger charge is 2.41. The molecular formula is C23H35NO2S. The van der Waals surface area contributed by atoms with Gasteiger partial charge < -0.3 is 5.32 Å². The first-order valence-electron chi connectivity index (χ1n) is 10.4. The van der Waals surface area contributed by atoms with Crippen molar-refractivity contribution in [1.29, 1.82) is 0 Å². The van der Waals surface area contributed by atoms with Crippen molar-refractivity contribution in [1.82, 2.24) is 0 Å². The van der Waals surface area contributed by atoms with Gasteiger partial charge in [0.05, 0.1) is 5.41 Å². The minimum absolute atomic E-state index is 0.129. The Kier molecular flexibility index (Phi) is 7.55. The summed E-state index contributed by atoms with van der Waals surface area (Å²) in [6.45, 7) is 8.15. The van der Waals surface area contributed by atoms with Gasteiger partial charge in [-0.25, -0.2) is 0 Å². The first-order valence-corrected chi connectivity index (χ1v) is 10.9. The average Bonchev–Trinajstić information content (AvgIpc) is 2.67. The molecule has 0 aromatic heterocycles. The zero-order valence-corrected chi connectivity index (χ0v) is 18.2. The van der Waals surface area contributed by atoms with Crippen molar-refractivity contribution in [2.24, 2.45) is 11.3 Å². The van der Waals surface area contributed by atoms with Crippen molar-refractivity contribution < 1.29 is 9.59 Å². The molecule has 0 unspecified atom stereocenters. The summed E-state index contributed by atoms with van der Waals surface area (Å²) in [7, 11) is 0. The van der Waals surface area contributed by atoms with E-state index in [0.717, 1.165) is 56.2 Å². The van der Waals surface area contributed by atoms with Gasteiger partial charge in [0.15, 0.2) is 5.12 Å². The minimum Gasteiger partial charge on any atom is -0.325 e. The van der Waals surface area contributed by atoms with Crippen molar-refractivity contribution in [3.05, 3.63) is 29.8 Å². The molecule has 1 aromatic carbocycles. The van der Waals surface area contributed by atoms with E-state index < -0.39 is 5.41 Å². The molecule has 4 heteroatoms. The Labute approximate surface area is 170 Å². The Morgan fingerprint density at radius 2 is 1.70 bits per heavy atom. The van der Waals surface area contributed by atoms with E-state index in [1.54, 1.807) is 0 Å². The van der Waals surface area contributed by atoms with Gasteiger partial charge >= 0.3 is 0 Å². The largest absolute Gasteiger partial charge is 0.325 e. The van der Waals surface area contributed by atoms with Crippen molar-refractivity contribution in [3.8, 4) is 0 Å². The van der Waals surface area contributed by atoms with Crippen LogP contribution in [0.15, 0.2) is 24.3 Å². The van der Waals surface area contributed by atoms with E-state index in [2.05, 4.69) is 31.8 Å². The number of carbonyl (C=O) groups is 2. The van der Waals surface area contributed by atoms with Crippen LogP contribution in [0.5, 0.6) is 0 Å². The molecule has 0 bridgehead atoms. The molecule has 0 aliphatic heterocycles. The number of hydrogen-bond donors (Lipinski definition) is 2. The molecule has 0 saturated heterocycles. The number of nitrogens with one attached hydrogen (secondary N) is 1. The lowest BCUT2D eigenvalue weighted by Gasteiger charge is -2.38. The number of thiol groups is 1. The third-order valence-electron chi connectivity index (χ3n) is 6.51. The van der Waals surface area contributed by atoms with Crippen LogP contribution in [0.2, 0.25) is 0 Å². The SMILES string of the molecule is CCC(CC)CC1(C(=O)Nc2ccccc2C(C)(C)C(=O)S)CCCCC1. The molecule has 1 saturated carbocycles. The minimum atomic E-state index is -0.748. The van der Waals surface area contributed by atoms with E-state index >= 15 is 0 Å². The summed E-state index contributed by atoms with van der Waals surface area (Å²) in [5.41, 5.74) is 0.537. The van der Waals surface area contributed by atoms with Crippen LogP contribution in [-0.4, -0.2) is 11.0 Å². The van der Waals surface area contributed by atoms with Crippen molar-refractivity contribution in [3.63, 3.8) is 0 Å². The topological polar surface area (TPSA) is 46.2 Å². The standard InChI is InChI=1S/C23H35NO2S/c1-5-17(6-2)16-23(14-10-7-11-15-23)20(25)24-19-13-9-8-12-18(19)22(3,4)21(26)27/h8-9,12-13,17H,5-7,10-11,14-16H2,1-4H3,(H,24,25)(H,26,27). The first kappa shape index (κ1) is 22.0. The first-order chi connectivity index (χ1) is 12.8. The van der Waals surface area contributed by atoms with Crippen LogP contribution in [0.4, 0.5) is 5.69 Å². The van der Waals surface area contributed by atoms with E-state index in [1.807, 2.05) is 38.1 Å². The smallest absolute Gasteiger partial charge is 0.230 e. The molecule has 27 heavy (non-hydrogen) atoms. The lowest BCUT2D eigenvalue weighted by Crippen LogP contribution is -2.40. The van der Waals surface area contributed by atoms with Crippen LogP contribution in [-0.2, 0) is 15.0 Å². The molecule has 1 aliphatic rings. The monoisotopic (exact) mass is 389 g/mol. The summed E-state index contributed by atoms with van der Waals surface area (Å²) in [5, 5.41) is 3.01. The summed E-state index contributed by atoms with van der Waals surface area (Å²) >= 11 is 4.06. The van der Waals surface area contributed by atoms with Crippen LogP contribution >= 0.6 is 12.6 Å². The molecule has 1 aliphatic carbocycles. The number of carbonyl (C=O) groups excluding carboxylic acids is 2. The molecule has 0 heterocycles. The summed E-state index contributed by atoms with van der Waals surface area (Å²) < 4.78 is 0. The van der Waals surface area contributed by atoms with Gasteiger partial charge in [0.25, 0.3) is 0 Å². The van der Waals surface area contributed by atoms with Gasteiger partial charge in [-0.15, -0.1) is 12.6 Å². The Bertz CT molecular complexity index is 658. The maximum atomic E-state index is 13.5. The van der Waals surface area contributed by atoms with E-state index in [1.165, 1.54) is 6.42 Å². The lowest BCUT2D eigenvalue weighted by molar-refractivity contribution is -0.128. The van der Waals surface area contributed by atoms with Crippen LogP contribution in [0.3, 0.4) is 0 Å². The molecule has 2 rings (SSSR count). The molecule has 150 valence electrons. The van der Waals surface area contributed by atoms with Crippen LogP contribution in [0.25, 0.3) is 0 Å². The number of amides is 1. The maximum Gasteiger partial charge on any atom is 0.230 e. The second-order valence-corrected chi connectivity index (χ2v) is 9.06. The molecule has 0 spiro atoms. The van der Waals surface area contributed by atoms with Crippen LogP contribution in [0.1, 0.15) is 84.6 Å². The van der Waals surface area contributed by atoms with Crippen molar-refractivity contribution >= 4 is 29.3 Å². The Hall–Kier alpha value is -1.29. The van der Waals surface area contributed by atoms with Crippen LogP contribution < -0.4 is 5.32 Å². The van der Waals surface area contributed by atoms with Crippen molar-refractivity contribution in [2.45, 2.75) is 84.5 Å². The molecule has 0 atom stereocenters. The third kappa shape index (κ3) is 4.96. The lowest BCUT2D eigenvalue weighted by atomic mass is 9.67. The predicted octanol–water partition coefficient (Wildman–Crippen LogP) is 6.14. The van der Waals surface area contributed by atoms with Gasteiger partial charge in [-0.05, 0) is 50.7 Å². The fourth-order valence-electron chi connectivity index (χ4n) is 4.39. The van der Waals surface area contributed by atoms with E-state index in [9.17, 15) is 9.59 Å². The second-order valence-electron chi connectivity index (χ2n) is 8.66. The number of benzene rings is 1. The van der Waals surface area contributed by atoms with Gasteiger partial charge in [0.1, 0.15) is 0 Å². The number of rotatable bonds is 8. The Morgan fingerprint density at radius 1 is 1.11 bits per heavy atom. The summed E-state index contributed by atoms with van der Waals surface area (Å²) in [6.07, 6.45) is 8.58. The zero-order valence-electron chi connectivity index (χ0n) is 17.3. The number of anilines is 1. The number of para-hydroxylation sites is 1. The summed E-state index contributed by atoms with van der Waals surface area (Å²) in [4.78, 5) is 25.5. The molecule has 0 radical (unpaired) electrons. The molecule has 1 amide bonds. The van der Waals surface area contributed by atoms with E-state index in [0.29, 0.717) is 5.92 Å². The van der Waals surface area contributed by atoms with Gasteiger partial charge in [-0.3, -0.25) is 9.59 Å². The fourth-order valence-corrected chi connectivity index (χ4v) is 4.51. The maximum absolute atomic E-state index is 13.5. The van der Waals surface area contributed by atoms with Crippen LogP contribution in [0, 0.1) is 11.3 Å². The highest BCUT2D eigenvalue weighted by atomic mass is 32.1. The van der Waals surface area contributed by atoms with Gasteiger partial charge in [0.2, 0.25) is 5.91 Å². The summed E-state index contributed by atoms with van der Waals surface area (Å²) in [6, 6.07) is 7.63. The third-order valence-corrected chi connectivity index (χ3v) is 7.07. The normalized spacial score (nSPS) is 17.0. The Balaban J connectivity index is 2.32. The zero-order chi connectivity index (χ0) is 20.1. The molecule has 1 fully saturated rings. The van der Waals surface area contributed by atoms with Gasteiger partial charge in [-0.1, -0.05) is 64.2 Å². The average molecular weight is 390 g/mol. The second kappa shape index (κ2) is 9.27. The van der Waals surface area contributed by atoms with Gasteiger partial charge in [-0.2, -0.15) is 0 Å². The quantitative estimate of drug-likeness (QED) is 0.525. The fraction of sp³-hybridized carbons (Fsp3) is 0.652. The van der Waals surface area contributed by atoms with E-state index in [-0.39, 0.29) is 16.4 Å².